The second-order valence-corrected chi connectivity index (χ2v) is 8.36. The fourth-order valence-corrected chi connectivity index (χ4v) is 4.64. The molecule has 0 aliphatic carbocycles. The number of benzene rings is 2. The molecule has 2 aromatic carbocycles. The number of halogens is 3. The van der Waals surface area contributed by atoms with Crippen LogP contribution in [-0.4, -0.2) is 40.4 Å². The van der Waals surface area contributed by atoms with Gasteiger partial charge in [0.05, 0.1) is 19.3 Å². The number of carbonyl (C=O) groups excluding carboxylic acids is 1. The number of fused-ring (bicyclic) bond motifs is 2. The summed E-state index contributed by atoms with van der Waals surface area (Å²) in [6.45, 7) is 0.921. The highest BCUT2D eigenvalue weighted by Crippen LogP contribution is 2.45. The van der Waals surface area contributed by atoms with E-state index in [0.29, 0.717) is 30.8 Å². The molecule has 2 aliphatic heterocycles. The lowest BCUT2D eigenvalue weighted by Gasteiger charge is -2.34. The Hall–Kier alpha value is -3.49. The van der Waals surface area contributed by atoms with Crippen molar-refractivity contribution < 1.29 is 22.7 Å². The van der Waals surface area contributed by atoms with Crippen LogP contribution in [0, 0.1) is 0 Å². The zero-order valence-electron chi connectivity index (χ0n) is 18.0. The van der Waals surface area contributed by atoms with Crippen LogP contribution >= 0.6 is 0 Å². The van der Waals surface area contributed by atoms with Gasteiger partial charge in [0.1, 0.15) is 17.1 Å². The average Bonchev–Trinajstić information content (AvgIpc) is 3.26. The maximum atomic E-state index is 14.0. The average molecular weight is 456 g/mol. The lowest BCUT2D eigenvalue weighted by atomic mass is 9.96. The molecular formula is C24H23F3N4O2. The van der Waals surface area contributed by atoms with Crippen molar-refractivity contribution in [1.29, 1.82) is 0 Å². The smallest absolute Gasteiger partial charge is 0.410 e. The van der Waals surface area contributed by atoms with Crippen molar-refractivity contribution >= 4 is 11.7 Å². The normalized spacial score (nSPS) is 19.9. The van der Waals surface area contributed by atoms with Gasteiger partial charge in [-0.05, 0) is 35.2 Å². The van der Waals surface area contributed by atoms with Crippen molar-refractivity contribution in [2.75, 3.05) is 19.0 Å². The van der Waals surface area contributed by atoms with Gasteiger partial charge in [-0.2, -0.15) is 18.3 Å². The molecule has 0 spiro atoms. The summed E-state index contributed by atoms with van der Waals surface area (Å²) in [6.07, 6.45) is -2.80. The predicted octanol–water partition coefficient (Wildman–Crippen LogP) is 4.75. The monoisotopic (exact) mass is 456 g/mol. The molecule has 0 unspecified atom stereocenters. The van der Waals surface area contributed by atoms with Crippen LogP contribution in [0.5, 0.6) is 5.75 Å². The molecular weight excluding hydrogens is 433 g/mol. The quantitative estimate of drug-likeness (QED) is 0.618. The molecule has 33 heavy (non-hydrogen) atoms. The first-order chi connectivity index (χ1) is 15.8. The number of ether oxygens (including phenoxy) is 1. The first-order valence-corrected chi connectivity index (χ1v) is 10.8. The van der Waals surface area contributed by atoms with Gasteiger partial charge in [-0.3, -0.25) is 4.79 Å². The molecule has 3 heterocycles. The molecule has 1 aromatic heterocycles. The second-order valence-electron chi connectivity index (χ2n) is 8.36. The number of carbonyl (C=O) groups is 1. The van der Waals surface area contributed by atoms with Gasteiger partial charge < -0.3 is 15.0 Å². The highest BCUT2D eigenvalue weighted by atomic mass is 19.4. The largest absolute Gasteiger partial charge is 0.497 e. The van der Waals surface area contributed by atoms with Crippen molar-refractivity contribution in [3.05, 3.63) is 77.0 Å². The maximum Gasteiger partial charge on any atom is 0.410 e. The van der Waals surface area contributed by atoms with E-state index in [4.69, 9.17) is 4.74 Å². The fourth-order valence-electron chi connectivity index (χ4n) is 4.64. The molecule has 172 valence electrons. The lowest BCUT2D eigenvalue weighted by Crippen LogP contribution is -2.38. The Morgan fingerprint density at radius 2 is 1.94 bits per heavy atom. The molecule has 1 N–H and O–H groups in total. The summed E-state index contributed by atoms with van der Waals surface area (Å²) >= 11 is 0. The Kier molecular flexibility index (Phi) is 5.26. The first kappa shape index (κ1) is 21.4. The molecule has 1 amide bonds. The SMILES string of the molecule is COc1cccc([C@H]2C[C@H](C(F)(F)F)n3ncc(C(=O)N4CCc5ccccc5C4)c3N2)c1. The van der Waals surface area contributed by atoms with Crippen molar-refractivity contribution in [2.45, 2.75) is 37.6 Å². The number of nitrogens with one attached hydrogen (secondary N) is 1. The minimum Gasteiger partial charge on any atom is -0.497 e. The highest BCUT2D eigenvalue weighted by Gasteiger charge is 2.47. The van der Waals surface area contributed by atoms with E-state index in [1.54, 1.807) is 29.2 Å². The van der Waals surface area contributed by atoms with Crippen LogP contribution in [-0.2, 0) is 13.0 Å². The zero-order chi connectivity index (χ0) is 23.2. The van der Waals surface area contributed by atoms with E-state index in [1.165, 1.54) is 18.9 Å². The standard InChI is InChI=1S/C24H23F3N4O2/c1-33-18-8-4-7-16(11-18)20-12-21(24(25,26)27)31-22(29-20)19(13-28-31)23(32)30-10-9-15-5-2-3-6-17(15)14-30/h2-8,11,13,20-21,29H,9-10,12,14H2,1H3/t20-,21-/m1/s1. The minimum absolute atomic E-state index is 0.0975. The Bertz CT molecular complexity index is 1190. The molecule has 2 atom stereocenters. The summed E-state index contributed by atoms with van der Waals surface area (Å²) in [5.74, 6) is 0.325. The number of amides is 1. The predicted molar refractivity (Wildman–Crippen MR) is 116 cm³/mol. The third-order valence-electron chi connectivity index (χ3n) is 6.38. The number of hydrogen-bond donors (Lipinski definition) is 1. The van der Waals surface area contributed by atoms with E-state index in [1.807, 2.05) is 24.3 Å². The third kappa shape index (κ3) is 3.92. The summed E-state index contributed by atoms with van der Waals surface area (Å²) in [4.78, 5) is 15.0. The Labute approximate surface area is 189 Å². The summed E-state index contributed by atoms with van der Waals surface area (Å²) < 4.78 is 48.1. The molecule has 9 heteroatoms. The van der Waals surface area contributed by atoms with E-state index >= 15 is 0 Å². The number of nitrogens with zero attached hydrogens (tertiary/aromatic N) is 3. The summed E-state index contributed by atoms with van der Waals surface area (Å²) in [5.41, 5.74) is 3.04. The molecule has 0 fully saturated rings. The number of methoxy groups -OCH3 is 1. The Morgan fingerprint density at radius 1 is 1.15 bits per heavy atom. The number of rotatable bonds is 3. The van der Waals surface area contributed by atoms with Crippen LogP contribution < -0.4 is 10.1 Å². The molecule has 0 saturated carbocycles. The van der Waals surface area contributed by atoms with Crippen molar-refractivity contribution in [3.63, 3.8) is 0 Å². The number of alkyl halides is 3. The van der Waals surface area contributed by atoms with Gasteiger partial charge in [-0.25, -0.2) is 4.68 Å². The van der Waals surface area contributed by atoms with Gasteiger partial charge in [-0.15, -0.1) is 0 Å². The van der Waals surface area contributed by atoms with Crippen molar-refractivity contribution in [2.24, 2.45) is 0 Å². The molecule has 0 saturated heterocycles. The van der Waals surface area contributed by atoms with Gasteiger partial charge in [0.2, 0.25) is 0 Å². The number of anilines is 1. The Morgan fingerprint density at radius 3 is 2.70 bits per heavy atom. The van der Waals surface area contributed by atoms with Crippen LogP contribution in [0.1, 0.15) is 45.6 Å². The summed E-state index contributed by atoms with van der Waals surface area (Å²) in [5, 5.41) is 7.14. The van der Waals surface area contributed by atoms with Crippen molar-refractivity contribution in [3.8, 4) is 5.75 Å². The maximum absolute atomic E-state index is 14.0. The highest BCUT2D eigenvalue weighted by molar-refractivity contribution is 5.99. The van der Waals surface area contributed by atoms with Gasteiger partial charge in [0.25, 0.3) is 5.91 Å². The Balaban J connectivity index is 1.49. The number of aromatic nitrogens is 2. The van der Waals surface area contributed by atoms with Gasteiger partial charge in [0.15, 0.2) is 6.04 Å². The lowest BCUT2D eigenvalue weighted by molar-refractivity contribution is -0.173. The first-order valence-electron chi connectivity index (χ1n) is 10.8. The van der Waals surface area contributed by atoms with Crippen LogP contribution in [0.15, 0.2) is 54.7 Å². The van der Waals surface area contributed by atoms with E-state index in [2.05, 4.69) is 10.4 Å². The minimum atomic E-state index is -4.51. The van der Waals surface area contributed by atoms with E-state index in [0.717, 1.165) is 10.2 Å². The van der Waals surface area contributed by atoms with E-state index < -0.39 is 18.3 Å². The molecule has 0 radical (unpaired) electrons. The second kappa shape index (κ2) is 8.13. The molecule has 6 nitrogen and oxygen atoms in total. The summed E-state index contributed by atoms with van der Waals surface area (Å²) in [6, 6.07) is 12.3. The van der Waals surface area contributed by atoms with Gasteiger partial charge in [0, 0.05) is 19.5 Å². The van der Waals surface area contributed by atoms with Crippen molar-refractivity contribution in [1.82, 2.24) is 14.7 Å². The van der Waals surface area contributed by atoms with Crippen LogP contribution in [0.25, 0.3) is 0 Å². The topological polar surface area (TPSA) is 59.4 Å². The van der Waals surface area contributed by atoms with Crippen LogP contribution in [0.4, 0.5) is 19.0 Å². The number of hydrogen-bond acceptors (Lipinski definition) is 4. The molecule has 5 rings (SSSR count). The summed E-state index contributed by atoms with van der Waals surface area (Å²) in [7, 11) is 1.51. The van der Waals surface area contributed by atoms with Crippen LogP contribution in [0.3, 0.4) is 0 Å². The van der Waals surface area contributed by atoms with Gasteiger partial charge >= 0.3 is 6.18 Å². The van der Waals surface area contributed by atoms with E-state index in [9.17, 15) is 18.0 Å². The van der Waals surface area contributed by atoms with Crippen LogP contribution in [0.2, 0.25) is 0 Å². The zero-order valence-corrected chi connectivity index (χ0v) is 18.0. The van der Waals surface area contributed by atoms with E-state index in [-0.39, 0.29) is 23.7 Å². The van der Waals surface area contributed by atoms with Gasteiger partial charge in [-0.1, -0.05) is 36.4 Å². The fraction of sp³-hybridized carbons (Fsp3) is 0.333. The molecule has 2 aliphatic rings. The molecule has 3 aromatic rings. The molecule has 0 bridgehead atoms. The third-order valence-corrected chi connectivity index (χ3v) is 6.38.